The highest BCUT2D eigenvalue weighted by Crippen LogP contribution is 2.42. The van der Waals surface area contributed by atoms with Crippen molar-refractivity contribution in [3.05, 3.63) is 64.7 Å². The van der Waals surface area contributed by atoms with Gasteiger partial charge in [0, 0.05) is 10.6 Å². The van der Waals surface area contributed by atoms with Crippen molar-refractivity contribution in [3.63, 3.8) is 0 Å². The maximum atomic E-state index is 12.5. The van der Waals surface area contributed by atoms with Crippen LogP contribution in [0.25, 0.3) is 0 Å². The van der Waals surface area contributed by atoms with Crippen LogP contribution >= 0.6 is 11.6 Å². The van der Waals surface area contributed by atoms with Gasteiger partial charge in [0.05, 0.1) is 11.5 Å². The zero-order valence-electron chi connectivity index (χ0n) is 10.8. The van der Waals surface area contributed by atoms with Crippen LogP contribution in [0.1, 0.15) is 22.8 Å². The Labute approximate surface area is 121 Å². The van der Waals surface area contributed by atoms with E-state index in [2.05, 4.69) is 0 Å². The van der Waals surface area contributed by atoms with Crippen molar-refractivity contribution < 1.29 is 14.6 Å². The van der Waals surface area contributed by atoms with Crippen LogP contribution < -0.4 is 4.74 Å². The summed E-state index contributed by atoms with van der Waals surface area (Å²) in [5.41, 5.74) is 0.965. The molecular formula is C16H13ClO3. The molecule has 0 aliphatic carbocycles. The standard InChI is InChI=1S/C16H13ClO3/c1-10-15(18)13-9-12(17)7-8-14(13)20-16(10,19)11-5-3-2-4-6-11/h2-10,19H,1H3/t10-,16-/m1/s1. The van der Waals surface area contributed by atoms with Gasteiger partial charge in [-0.15, -0.1) is 0 Å². The lowest BCUT2D eigenvalue weighted by molar-refractivity contribution is -0.176. The lowest BCUT2D eigenvalue weighted by atomic mass is 9.84. The van der Waals surface area contributed by atoms with E-state index in [1.807, 2.05) is 6.07 Å². The number of hydrogen-bond acceptors (Lipinski definition) is 3. The molecule has 1 aliphatic rings. The lowest BCUT2D eigenvalue weighted by Crippen LogP contribution is -2.46. The summed E-state index contributed by atoms with van der Waals surface area (Å²) in [5.74, 6) is -2.20. The van der Waals surface area contributed by atoms with Gasteiger partial charge in [0.1, 0.15) is 5.75 Å². The van der Waals surface area contributed by atoms with E-state index in [0.29, 0.717) is 21.9 Å². The van der Waals surface area contributed by atoms with Crippen molar-refractivity contribution in [2.45, 2.75) is 12.7 Å². The van der Waals surface area contributed by atoms with Gasteiger partial charge in [-0.05, 0) is 25.1 Å². The summed E-state index contributed by atoms with van der Waals surface area (Å²) in [4.78, 5) is 12.5. The van der Waals surface area contributed by atoms with E-state index in [1.165, 1.54) is 0 Å². The average Bonchev–Trinajstić information content (AvgIpc) is 2.47. The SMILES string of the molecule is C[C@@H]1C(=O)c2cc(Cl)ccc2O[C@@]1(O)c1ccccc1. The predicted octanol–water partition coefficient (Wildman–Crippen LogP) is 3.40. The van der Waals surface area contributed by atoms with Gasteiger partial charge in [-0.3, -0.25) is 4.79 Å². The number of benzene rings is 2. The number of aliphatic hydroxyl groups is 1. The fourth-order valence-electron chi connectivity index (χ4n) is 2.44. The zero-order chi connectivity index (χ0) is 14.3. The second-order valence-corrected chi connectivity index (χ2v) is 5.33. The Kier molecular flexibility index (Phi) is 3.04. The molecule has 2 aromatic carbocycles. The monoisotopic (exact) mass is 288 g/mol. The van der Waals surface area contributed by atoms with E-state index < -0.39 is 11.7 Å². The minimum absolute atomic E-state index is 0.180. The van der Waals surface area contributed by atoms with Gasteiger partial charge in [-0.1, -0.05) is 41.9 Å². The lowest BCUT2D eigenvalue weighted by Gasteiger charge is -2.38. The number of hydrogen-bond donors (Lipinski definition) is 1. The molecule has 2 aromatic rings. The van der Waals surface area contributed by atoms with Crippen molar-refractivity contribution in [3.8, 4) is 5.75 Å². The summed E-state index contributed by atoms with van der Waals surface area (Å²) < 4.78 is 5.72. The molecular weight excluding hydrogens is 276 g/mol. The molecule has 0 aromatic heterocycles. The minimum atomic E-state index is -1.65. The summed E-state index contributed by atoms with van der Waals surface area (Å²) in [6, 6.07) is 13.7. The molecule has 1 N–H and O–H groups in total. The predicted molar refractivity (Wildman–Crippen MR) is 75.9 cm³/mol. The smallest absolute Gasteiger partial charge is 0.244 e. The summed E-state index contributed by atoms with van der Waals surface area (Å²) in [6.45, 7) is 1.65. The first-order valence-corrected chi connectivity index (χ1v) is 6.71. The van der Waals surface area contributed by atoms with Gasteiger partial charge in [0.15, 0.2) is 5.78 Å². The molecule has 0 radical (unpaired) electrons. The van der Waals surface area contributed by atoms with Crippen molar-refractivity contribution in [2.75, 3.05) is 0 Å². The van der Waals surface area contributed by atoms with Crippen LogP contribution in [-0.2, 0) is 5.79 Å². The number of carbonyl (C=O) groups excluding carboxylic acids is 1. The summed E-state index contributed by atoms with van der Waals surface area (Å²) >= 11 is 5.91. The first-order chi connectivity index (χ1) is 9.52. The van der Waals surface area contributed by atoms with E-state index in [9.17, 15) is 9.90 Å². The topological polar surface area (TPSA) is 46.5 Å². The molecule has 0 saturated heterocycles. The molecule has 0 saturated carbocycles. The third kappa shape index (κ3) is 1.90. The fraction of sp³-hybridized carbons (Fsp3) is 0.188. The van der Waals surface area contributed by atoms with Crippen LogP contribution in [0, 0.1) is 5.92 Å². The Morgan fingerprint density at radius 2 is 1.90 bits per heavy atom. The summed E-state index contributed by atoms with van der Waals surface area (Å²) in [7, 11) is 0. The first-order valence-electron chi connectivity index (χ1n) is 6.33. The zero-order valence-corrected chi connectivity index (χ0v) is 11.6. The number of fused-ring (bicyclic) bond motifs is 1. The summed E-state index contributed by atoms with van der Waals surface area (Å²) in [6.07, 6.45) is 0. The van der Waals surface area contributed by atoms with Crippen LogP contribution in [0.4, 0.5) is 0 Å². The van der Waals surface area contributed by atoms with Crippen LogP contribution in [0.2, 0.25) is 5.02 Å². The van der Waals surface area contributed by atoms with Gasteiger partial charge in [-0.25, -0.2) is 0 Å². The molecule has 0 bridgehead atoms. The number of carbonyl (C=O) groups is 1. The highest BCUT2D eigenvalue weighted by atomic mass is 35.5. The number of halogens is 1. The molecule has 0 fully saturated rings. The van der Waals surface area contributed by atoms with Crippen molar-refractivity contribution >= 4 is 17.4 Å². The van der Waals surface area contributed by atoms with Crippen LogP contribution in [0.5, 0.6) is 5.75 Å². The normalized spacial score (nSPS) is 24.9. The number of Topliss-reactive ketones (excluding diaryl/α,β-unsaturated/α-hetero) is 1. The number of rotatable bonds is 1. The highest BCUT2D eigenvalue weighted by molar-refractivity contribution is 6.31. The molecule has 1 heterocycles. The van der Waals surface area contributed by atoms with E-state index in [0.717, 1.165) is 0 Å². The second-order valence-electron chi connectivity index (χ2n) is 4.89. The number of ketones is 1. The van der Waals surface area contributed by atoms with Gasteiger partial charge >= 0.3 is 0 Å². The molecule has 4 heteroatoms. The molecule has 2 atom stereocenters. The molecule has 3 rings (SSSR count). The second kappa shape index (κ2) is 4.62. The van der Waals surface area contributed by atoms with Gasteiger partial charge < -0.3 is 9.84 Å². The van der Waals surface area contributed by atoms with Crippen molar-refractivity contribution in [1.29, 1.82) is 0 Å². The van der Waals surface area contributed by atoms with Crippen molar-refractivity contribution in [2.24, 2.45) is 5.92 Å². The third-order valence-electron chi connectivity index (χ3n) is 3.64. The van der Waals surface area contributed by atoms with Crippen LogP contribution in [0.15, 0.2) is 48.5 Å². The van der Waals surface area contributed by atoms with Gasteiger partial charge in [0.25, 0.3) is 0 Å². The Bertz CT molecular complexity index is 669. The highest BCUT2D eigenvalue weighted by Gasteiger charge is 2.47. The fourth-order valence-corrected chi connectivity index (χ4v) is 2.61. The molecule has 0 unspecified atom stereocenters. The Morgan fingerprint density at radius 3 is 2.60 bits per heavy atom. The molecule has 102 valence electrons. The van der Waals surface area contributed by atoms with E-state index in [1.54, 1.807) is 49.4 Å². The maximum absolute atomic E-state index is 12.5. The Hall–Kier alpha value is -1.84. The molecule has 0 amide bonds. The molecule has 1 aliphatic heterocycles. The van der Waals surface area contributed by atoms with Crippen molar-refractivity contribution in [1.82, 2.24) is 0 Å². The average molecular weight is 289 g/mol. The van der Waals surface area contributed by atoms with E-state index in [4.69, 9.17) is 16.3 Å². The maximum Gasteiger partial charge on any atom is 0.244 e. The van der Waals surface area contributed by atoms with E-state index in [-0.39, 0.29) is 5.78 Å². The quantitative estimate of drug-likeness (QED) is 0.875. The summed E-state index contributed by atoms with van der Waals surface area (Å²) in [5, 5.41) is 11.3. The molecule has 0 spiro atoms. The van der Waals surface area contributed by atoms with Gasteiger partial charge in [0.2, 0.25) is 5.79 Å². The first kappa shape index (κ1) is 13.2. The number of ether oxygens (including phenoxy) is 1. The molecule has 20 heavy (non-hydrogen) atoms. The Balaban J connectivity index is 2.13. The van der Waals surface area contributed by atoms with Crippen LogP contribution in [0.3, 0.4) is 0 Å². The minimum Gasteiger partial charge on any atom is -0.457 e. The van der Waals surface area contributed by atoms with Gasteiger partial charge in [-0.2, -0.15) is 0 Å². The largest absolute Gasteiger partial charge is 0.457 e. The van der Waals surface area contributed by atoms with Crippen LogP contribution in [-0.4, -0.2) is 10.9 Å². The molecule has 3 nitrogen and oxygen atoms in total. The third-order valence-corrected chi connectivity index (χ3v) is 3.88. The Morgan fingerprint density at radius 1 is 1.20 bits per heavy atom. The van der Waals surface area contributed by atoms with E-state index >= 15 is 0 Å².